The summed E-state index contributed by atoms with van der Waals surface area (Å²) in [6.07, 6.45) is 2.63. The zero-order valence-corrected chi connectivity index (χ0v) is 13.7. The van der Waals surface area contributed by atoms with Crippen LogP contribution in [-0.2, 0) is 13.0 Å². The number of hydrogen-bond acceptors (Lipinski definition) is 4. The van der Waals surface area contributed by atoms with Crippen LogP contribution in [0.5, 0.6) is 0 Å². The SMILES string of the molecule is CCNCCc1c(C)nn(Cc2ncnn2C(C)C)c1C. The van der Waals surface area contributed by atoms with Crippen LogP contribution < -0.4 is 5.32 Å². The monoisotopic (exact) mass is 290 g/mol. The molecule has 0 aliphatic heterocycles. The van der Waals surface area contributed by atoms with Crippen LogP contribution in [0.2, 0.25) is 0 Å². The molecule has 2 heterocycles. The van der Waals surface area contributed by atoms with Gasteiger partial charge in [0.2, 0.25) is 0 Å². The lowest BCUT2D eigenvalue weighted by atomic mass is 10.1. The van der Waals surface area contributed by atoms with E-state index >= 15 is 0 Å². The Balaban J connectivity index is 2.17. The number of aryl methyl sites for hydroxylation is 1. The lowest BCUT2D eigenvalue weighted by molar-refractivity contribution is 0.485. The fourth-order valence-electron chi connectivity index (χ4n) is 2.59. The van der Waals surface area contributed by atoms with Gasteiger partial charge < -0.3 is 5.32 Å². The third-order valence-electron chi connectivity index (χ3n) is 3.76. The molecule has 0 aliphatic rings. The first-order chi connectivity index (χ1) is 10.0. The molecule has 0 radical (unpaired) electrons. The molecule has 2 aromatic rings. The van der Waals surface area contributed by atoms with Crippen LogP contribution in [0.15, 0.2) is 6.33 Å². The van der Waals surface area contributed by atoms with E-state index in [9.17, 15) is 0 Å². The highest BCUT2D eigenvalue weighted by Gasteiger charge is 2.14. The molecule has 0 spiro atoms. The van der Waals surface area contributed by atoms with Gasteiger partial charge in [0.05, 0.1) is 5.69 Å². The molecule has 0 fully saturated rings. The molecule has 0 aliphatic carbocycles. The Morgan fingerprint density at radius 2 is 2.05 bits per heavy atom. The Kier molecular flexibility index (Phi) is 5.12. The van der Waals surface area contributed by atoms with Gasteiger partial charge in [-0.2, -0.15) is 10.2 Å². The van der Waals surface area contributed by atoms with Crippen LogP contribution >= 0.6 is 0 Å². The largest absolute Gasteiger partial charge is 0.317 e. The minimum absolute atomic E-state index is 0.313. The van der Waals surface area contributed by atoms with Crippen molar-refractivity contribution >= 4 is 0 Å². The van der Waals surface area contributed by atoms with Crippen molar-refractivity contribution in [2.45, 2.75) is 53.6 Å². The smallest absolute Gasteiger partial charge is 0.148 e. The van der Waals surface area contributed by atoms with Crippen LogP contribution in [0.3, 0.4) is 0 Å². The Hall–Kier alpha value is -1.69. The summed E-state index contributed by atoms with van der Waals surface area (Å²) in [6.45, 7) is 13.2. The Morgan fingerprint density at radius 3 is 2.71 bits per heavy atom. The lowest BCUT2D eigenvalue weighted by Gasteiger charge is -2.10. The van der Waals surface area contributed by atoms with Gasteiger partial charge in [0, 0.05) is 11.7 Å². The standard InChI is InChI=1S/C15H26N6/c1-6-16-8-7-14-12(4)19-20(13(14)5)9-15-17-10-18-21(15)11(2)3/h10-11,16H,6-9H2,1-5H3. The van der Waals surface area contributed by atoms with Gasteiger partial charge in [0.25, 0.3) is 0 Å². The van der Waals surface area contributed by atoms with E-state index in [1.165, 1.54) is 11.3 Å². The Morgan fingerprint density at radius 1 is 1.29 bits per heavy atom. The van der Waals surface area contributed by atoms with Gasteiger partial charge in [-0.1, -0.05) is 6.92 Å². The zero-order valence-electron chi connectivity index (χ0n) is 13.7. The van der Waals surface area contributed by atoms with Gasteiger partial charge in [0.15, 0.2) is 0 Å². The van der Waals surface area contributed by atoms with Crippen LogP contribution in [0.25, 0.3) is 0 Å². The topological polar surface area (TPSA) is 60.6 Å². The third-order valence-corrected chi connectivity index (χ3v) is 3.76. The first kappa shape index (κ1) is 15.7. The number of nitrogens with one attached hydrogen (secondary N) is 1. The lowest BCUT2D eigenvalue weighted by Crippen LogP contribution is -2.17. The summed E-state index contributed by atoms with van der Waals surface area (Å²) >= 11 is 0. The van der Waals surface area contributed by atoms with Crippen LogP contribution in [0, 0.1) is 13.8 Å². The first-order valence-corrected chi connectivity index (χ1v) is 7.66. The Bertz CT molecular complexity index is 581. The molecule has 0 amide bonds. The second kappa shape index (κ2) is 6.85. The molecule has 0 bridgehead atoms. The van der Waals surface area contributed by atoms with E-state index in [0.29, 0.717) is 12.6 Å². The van der Waals surface area contributed by atoms with Crippen molar-refractivity contribution in [3.05, 3.63) is 29.1 Å². The summed E-state index contributed by atoms with van der Waals surface area (Å²) < 4.78 is 3.99. The van der Waals surface area contributed by atoms with E-state index in [0.717, 1.165) is 31.0 Å². The Labute approximate surface area is 126 Å². The highest BCUT2D eigenvalue weighted by Crippen LogP contribution is 2.15. The minimum atomic E-state index is 0.313. The zero-order chi connectivity index (χ0) is 15.4. The first-order valence-electron chi connectivity index (χ1n) is 7.66. The number of hydrogen-bond donors (Lipinski definition) is 1. The minimum Gasteiger partial charge on any atom is -0.317 e. The van der Waals surface area contributed by atoms with Crippen molar-refractivity contribution in [2.24, 2.45) is 0 Å². The van der Waals surface area contributed by atoms with Gasteiger partial charge in [-0.05, 0) is 52.8 Å². The highest BCUT2D eigenvalue weighted by molar-refractivity contribution is 5.25. The molecule has 2 rings (SSSR count). The fourth-order valence-corrected chi connectivity index (χ4v) is 2.59. The second-order valence-corrected chi connectivity index (χ2v) is 5.63. The van der Waals surface area contributed by atoms with Crippen molar-refractivity contribution in [2.75, 3.05) is 13.1 Å². The van der Waals surface area contributed by atoms with E-state index in [1.54, 1.807) is 6.33 Å². The third kappa shape index (κ3) is 3.50. The molecule has 0 saturated heterocycles. The van der Waals surface area contributed by atoms with Gasteiger partial charge in [-0.25, -0.2) is 9.67 Å². The summed E-state index contributed by atoms with van der Waals surface area (Å²) in [5.41, 5.74) is 3.68. The summed E-state index contributed by atoms with van der Waals surface area (Å²) in [5.74, 6) is 0.953. The molecule has 2 aromatic heterocycles. The maximum atomic E-state index is 4.67. The molecule has 0 aromatic carbocycles. The van der Waals surface area contributed by atoms with Crippen molar-refractivity contribution in [3.8, 4) is 0 Å². The van der Waals surface area contributed by atoms with Crippen LogP contribution in [-0.4, -0.2) is 37.6 Å². The van der Waals surface area contributed by atoms with E-state index in [-0.39, 0.29) is 0 Å². The molecule has 0 atom stereocenters. The molecule has 6 heteroatoms. The van der Waals surface area contributed by atoms with E-state index < -0.39 is 0 Å². The number of rotatable bonds is 7. The number of aromatic nitrogens is 5. The quantitative estimate of drug-likeness (QED) is 0.791. The summed E-state index contributed by atoms with van der Waals surface area (Å²) in [5, 5.41) is 12.3. The molecule has 0 unspecified atom stereocenters. The number of nitrogens with zero attached hydrogens (tertiary/aromatic N) is 5. The van der Waals surface area contributed by atoms with E-state index in [4.69, 9.17) is 0 Å². The fraction of sp³-hybridized carbons (Fsp3) is 0.667. The average Bonchev–Trinajstić information content (AvgIpc) is 2.99. The average molecular weight is 290 g/mol. The maximum absolute atomic E-state index is 4.67. The van der Waals surface area contributed by atoms with Crippen LogP contribution in [0.1, 0.15) is 49.6 Å². The molecule has 0 saturated carbocycles. The van der Waals surface area contributed by atoms with Gasteiger partial charge >= 0.3 is 0 Å². The summed E-state index contributed by atoms with van der Waals surface area (Å²) in [4.78, 5) is 4.37. The van der Waals surface area contributed by atoms with Crippen molar-refractivity contribution in [1.29, 1.82) is 0 Å². The predicted octanol–water partition coefficient (Wildman–Crippen LogP) is 1.87. The predicted molar refractivity (Wildman–Crippen MR) is 83.5 cm³/mol. The normalized spacial score (nSPS) is 11.5. The summed E-state index contributed by atoms with van der Waals surface area (Å²) in [6, 6.07) is 0.313. The molecule has 21 heavy (non-hydrogen) atoms. The van der Waals surface area contributed by atoms with Crippen molar-refractivity contribution in [1.82, 2.24) is 29.9 Å². The molecular formula is C15H26N6. The summed E-state index contributed by atoms with van der Waals surface area (Å²) in [7, 11) is 0. The number of likely N-dealkylation sites (N-methyl/N-ethyl adjacent to an activating group) is 1. The second-order valence-electron chi connectivity index (χ2n) is 5.63. The molecule has 116 valence electrons. The van der Waals surface area contributed by atoms with Crippen LogP contribution in [0.4, 0.5) is 0 Å². The molecule has 1 N–H and O–H groups in total. The van der Waals surface area contributed by atoms with E-state index in [2.05, 4.69) is 55.1 Å². The van der Waals surface area contributed by atoms with Gasteiger partial charge in [-0.15, -0.1) is 0 Å². The van der Waals surface area contributed by atoms with Gasteiger partial charge in [-0.3, -0.25) is 4.68 Å². The van der Waals surface area contributed by atoms with Gasteiger partial charge in [0.1, 0.15) is 18.7 Å². The van der Waals surface area contributed by atoms with Crippen molar-refractivity contribution in [3.63, 3.8) is 0 Å². The van der Waals surface area contributed by atoms with Crippen molar-refractivity contribution < 1.29 is 0 Å². The molecule has 6 nitrogen and oxygen atoms in total. The molecular weight excluding hydrogens is 264 g/mol. The highest BCUT2D eigenvalue weighted by atomic mass is 15.4. The maximum Gasteiger partial charge on any atom is 0.148 e. The van der Waals surface area contributed by atoms with E-state index in [1.807, 2.05) is 9.36 Å².